The summed E-state index contributed by atoms with van der Waals surface area (Å²) in [5.41, 5.74) is 3.94. The molecular weight excluding hydrogens is 390 g/mol. The number of carbonyl (C=O) groups is 1. The normalized spacial score (nSPS) is 10.6. The monoisotopic (exact) mass is 413 g/mol. The van der Waals surface area contributed by atoms with Crippen molar-refractivity contribution in [2.45, 2.75) is 25.5 Å². The van der Waals surface area contributed by atoms with Crippen molar-refractivity contribution in [2.75, 3.05) is 25.3 Å². The Bertz CT molecular complexity index is 1000. The first kappa shape index (κ1) is 20.7. The van der Waals surface area contributed by atoms with E-state index in [1.807, 2.05) is 50.2 Å². The Kier molecular flexibility index (Phi) is 6.77. The molecule has 1 N–H and O–H groups in total. The summed E-state index contributed by atoms with van der Waals surface area (Å²) in [4.78, 5) is 12.2. The molecule has 1 heterocycles. The van der Waals surface area contributed by atoms with Crippen molar-refractivity contribution in [2.24, 2.45) is 0 Å². The van der Waals surface area contributed by atoms with Gasteiger partial charge in [-0.15, -0.1) is 10.2 Å². The summed E-state index contributed by atoms with van der Waals surface area (Å²) in [5, 5.41) is 11.3. The summed E-state index contributed by atoms with van der Waals surface area (Å²) < 4.78 is 16.2. The molecule has 0 aliphatic carbocycles. The van der Waals surface area contributed by atoms with E-state index in [0.717, 1.165) is 22.4 Å². The van der Waals surface area contributed by atoms with Gasteiger partial charge in [0.25, 0.3) is 5.22 Å². The van der Waals surface area contributed by atoms with Crippen LogP contribution in [0.15, 0.2) is 46.0 Å². The Labute approximate surface area is 173 Å². The van der Waals surface area contributed by atoms with E-state index in [9.17, 15) is 4.79 Å². The van der Waals surface area contributed by atoms with E-state index in [1.54, 1.807) is 14.2 Å². The fourth-order valence-electron chi connectivity index (χ4n) is 2.80. The number of aromatic nitrogens is 2. The lowest BCUT2D eigenvalue weighted by molar-refractivity contribution is -0.113. The van der Waals surface area contributed by atoms with E-state index in [4.69, 9.17) is 13.9 Å². The lowest BCUT2D eigenvalue weighted by Crippen LogP contribution is -2.14. The van der Waals surface area contributed by atoms with Crippen molar-refractivity contribution >= 4 is 23.4 Å². The second-order valence-electron chi connectivity index (χ2n) is 6.48. The van der Waals surface area contributed by atoms with E-state index in [1.165, 1.54) is 11.8 Å². The highest BCUT2D eigenvalue weighted by Crippen LogP contribution is 2.28. The number of anilines is 1. The third kappa shape index (κ3) is 5.51. The van der Waals surface area contributed by atoms with Crippen LogP contribution in [0.4, 0.5) is 5.69 Å². The summed E-state index contributed by atoms with van der Waals surface area (Å²) >= 11 is 1.20. The van der Waals surface area contributed by atoms with Crippen LogP contribution in [0.5, 0.6) is 11.5 Å². The van der Waals surface area contributed by atoms with Gasteiger partial charge in [-0.05, 0) is 43.2 Å². The van der Waals surface area contributed by atoms with Gasteiger partial charge in [-0.25, -0.2) is 0 Å². The Morgan fingerprint density at radius 3 is 2.59 bits per heavy atom. The molecule has 152 valence electrons. The third-order valence-corrected chi connectivity index (χ3v) is 5.05. The molecule has 2 aromatic carbocycles. The highest BCUT2D eigenvalue weighted by Gasteiger charge is 2.12. The minimum absolute atomic E-state index is 0.124. The van der Waals surface area contributed by atoms with E-state index in [0.29, 0.717) is 29.0 Å². The molecule has 8 heteroatoms. The number of nitrogens with zero attached hydrogens (tertiary/aromatic N) is 2. The topological polar surface area (TPSA) is 86.5 Å². The summed E-state index contributed by atoms with van der Waals surface area (Å²) in [6.07, 6.45) is 0.461. The first-order chi connectivity index (χ1) is 14.0. The molecule has 0 radical (unpaired) electrons. The summed E-state index contributed by atoms with van der Waals surface area (Å²) in [6, 6.07) is 11.5. The van der Waals surface area contributed by atoms with Crippen LogP contribution < -0.4 is 14.8 Å². The first-order valence-corrected chi connectivity index (χ1v) is 10.00. The number of methoxy groups -OCH3 is 2. The molecule has 0 aliphatic rings. The molecule has 0 bridgehead atoms. The number of hydrogen-bond acceptors (Lipinski definition) is 7. The molecule has 1 aromatic heterocycles. The van der Waals surface area contributed by atoms with Crippen LogP contribution in [0, 0.1) is 13.8 Å². The number of carbonyl (C=O) groups excluding carboxylic acids is 1. The molecule has 0 unspecified atom stereocenters. The van der Waals surface area contributed by atoms with Gasteiger partial charge in [-0.3, -0.25) is 4.79 Å². The maximum atomic E-state index is 12.2. The highest BCUT2D eigenvalue weighted by atomic mass is 32.2. The van der Waals surface area contributed by atoms with Crippen molar-refractivity contribution in [1.29, 1.82) is 0 Å². The maximum Gasteiger partial charge on any atom is 0.277 e. The number of rotatable bonds is 8. The van der Waals surface area contributed by atoms with Gasteiger partial charge in [-0.1, -0.05) is 35.5 Å². The summed E-state index contributed by atoms with van der Waals surface area (Å²) in [5.74, 6) is 1.83. The fourth-order valence-corrected chi connectivity index (χ4v) is 3.38. The second kappa shape index (κ2) is 9.47. The van der Waals surface area contributed by atoms with Gasteiger partial charge in [0, 0.05) is 5.69 Å². The van der Waals surface area contributed by atoms with Gasteiger partial charge in [0.2, 0.25) is 11.8 Å². The molecule has 0 atom stereocenters. The van der Waals surface area contributed by atoms with E-state index < -0.39 is 0 Å². The molecule has 29 heavy (non-hydrogen) atoms. The molecule has 0 saturated carbocycles. The van der Waals surface area contributed by atoms with Crippen LogP contribution in [0.3, 0.4) is 0 Å². The van der Waals surface area contributed by atoms with Crippen molar-refractivity contribution in [3.8, 4) is 11.5 Å². The Hall–Kier alpha value is -3.00. The van der Waals surface area contributed by atoms with Gasteiger partial charge in [0.05, 0.1) is 26.4 Å². The second-order valence-corrected chi connectivity index (χ2v) is 7.41. The van der Waals surface area contributed by atoms with E-state index >= 15 is 0 Å². The Morgan fingerprint density at radius 2 is 1.86 bits per heavy atom. The largest absolute Gasteiger partial charge is 0.493 e. The van der Waals surface area contributed by atoms with Gasteiger partial charge in [-0.2, -0.15) is 0 Å². The third-order valence-electron chi connectivity index (χ3n) is 4.23. The lowest BCUT2D eigenvalue weighted by Gasteiger charge is -2.08. The molecule has 3 rings (SSSR count). The van der Waals surface area contributed by atoms with Gasteiger partial charge >= 0.3 is 0 Å². The minimum Gasteiger partial charge on any atom is -0.493 e. The first-order valence-electron chi connectivity index (χ1n) is 9.01. The molecule has 0 fully saturated rings. The van der Waals surface area contributed by atoms with E-state index in [-0.39, 0.29) is 11.7 Å². The molecule has 7 nitrogen and oxygen atoms in total. The van der Waals surface area contributed by atoms with Gasteiger partial charge in [0.15, 0.2) is 11.5 Å². The Balaban J connectivity index is 1.55. The van der Waals surface area contributed by atoms with Crippen LogP contribution in [0.25, 0.3) is 0 Å². The number of hydrogen-bond donors (Lipinski definition) is 1. The summed E-state index contributed by atoms with van der Waals surface area (Å²) in [6.45, 7) is 3.98. The van der Waals surface area contributed by atoms with Crippen LogP contribution in [0.2, 0.25) is 0 Å². The number of benzene rings is 2. The smallest absolute Gasteiger partial charge is 0.277 e. The van der Waals surface area contributed by atoms with Crippen LogP contribution in [-0.4, -0.2) is 36.1 Å². The van der Waals surface area contributed by atoms with Crippen molar-refractivity contribution in [3.63, 3.8) is 0 Å². The van der Waals surface area contributed by atoms with Gasteiger partial charge < -0.3 is 19.2 Å². The zero-order chi connectivity index (χ0) is 20.8. The molecular formula is C21H23N3O4S. The average Bonchev–Trinajstić information content (AvgIpc) is 3.15. The maximum absolute atomic E-state index is 12.2. The predicted octanol–water partition coefficient (Wildman–Crippen LogP) is 4.03. The number of ether oxygens (including phenoxy) is 2. The van der Waals surface area contributed by atoms with Crippen molar-refractivity contribution in [1.82, 2.24) is 10.2 Å². The zero-order valence-electron chi connectivity index (χ0n) is 16.8. The number of nitrogens with one attached hydrogen (secondary N) is 1. The van der Waals surface area contributed by atoms with Crippen molar-refractivity contribution < 1.29 is 18.7 Å². The summed E-state index contributed by atoms with van der Waals surface area (Å²) in [7, 11) is 3.18. The lowest BCUT2D eigenvalue weighted by atomic mass is 10.1. The molecule has 3 aromatic rings. The SMILES string of the molecule is COc1ccc(Cc2nnc(SCC(=O)Nc3ccc(C)cc3C)o2)cc1OC. The van der Waals surface area contributed by atoms with E-state index in [2.05, 4.69) is 15.5 Å². The number of thioether (sulfide) groups is 1. The average molecular weight is 413 g/mol. The van der Waals surface area contributed by atoms with Crippen molar-refractivity contribution in [3.05, 3.63) is 59.0 Å². The standard InChI is InChI=1S/C21H23N3O4S/c1-13-5-7-16(14(2)9-13)22-19(25)12-29-21-24-23-20(28-21)11-15-6-8-17(26-3)18(10-15)27-4/h5-10H,11-12H2,1-4H3,(H,22,25). The predicted molar refractivity (Wildman–Crippen MR) is 112 cm³/mol. The number of aryl methyl sites for hydroxylation is 2. The molecule has 1 amide bonds. The number of amides is 1. The fraction of sp³-hybridized carbons (Fsp3) is 0.286. The van der Waals surface area contributed by atoms with Gasteiger partial charge in [0.1, 0.15) is 0 Å². The Morgan fingerprint density at radius 1 is 1.07 bits per heavy atom. The van der Waals surface area contributed by atoms with Crippen LogP contribution in [-0.2, 0) is 11.2 Å². The molecule has 0 spiro atoms. The quantitative estimate of drug-likeness (QED) is 0.558. The van der Waals surface area contributed by atoms with Crippen LogP contribution >= 0.6 is 11.8 Å². The van der Waals surface area contributed by atoms with Crippen LogP contribution in [0.1, 0.15) is 22.6 Å². The highest BCUT2D eigenvalue weighted by molar-refractivity contribution is 7.99. The molecule has 0 aliphatic heterocycles. The minimum atomic E-state index is -0.124. The zero-order valence-corrected chi connectivity index (χ0v) is 17.6. The molecule has 0 saturated heterocycles.